The Labute approximate surface area is 163 Å². The lowest BCUT2D eigenvalue weighted by Crippen LogP contribution is -2.45. The summed E-state index contributed by atoms with van der Waals surface area (Å²) < 4.78 is 6.53. The van der Waals surface area contributed by atoms with Crippen LogP contribution in [-0.2, 0) is 5.41 Å². The third-order valence-electron chi connectivity index (χ3n) is 5.60. The number of carbonyl (C=O) groups excluding carboxylic acids is 1. The Morgan fingerprint density at radius 3 is 2.93 bits per heavy atom. The molecule has 0 unspecified atom stereocenters. The Bertz CT molecular complexity index is 1190. The van der Waals surface area contributed by atoms with Crippen LogP contribution >= 0.6 is 11.3 Å². The first-order chi connectivity index (χ1) is 13.6. The van der Waals surface area contributed by atoms with Gasteiger partial charge in [-0.2, -0.15) is 0 Å². The van der Waals surface area contributed by atoms with E-state index in [4.69, 9.17) is 9.40 Å². The highest BCUT2D eigenvalue weighted by Crippen LogP contribution is 2.55. The minimum absolute atomic E-state index is 0.0161. The van der Waals surface area contributed by atoms with Gasteiger partial charge in [-0.3, -0.25) is 4.79 Å². The molecule has 0 bridgehead atoms. The van der Waals surface area contributed by atoms with Crippen LogP contribution in [0.3, 0.4) is 0 Å². The molecule has 9 heteroatoms. The summed E-state index contributed by atoms with van der Waals surface area (Å²) in [5.41, 5.74) is 2.85. The monoisotopic (exact) mass is 392 g/mol. The summed E-state index contributed by atoms with van der Waals surface area (Å²) in [5, 5.41) is 8.63. The Morgan fingerprint density at radius 1 is 1.32 bits per heavy atom. The minimum atomic E-state index is -0.346. The topological polar surface area (TPSA) is 101 Å². The van der Waals surface area contributed by atoms with Crippen molar-refractivity contribution in [2.75, 3.05) is 6.54 Å². The number of aryl methyl sites for hydroxylation is 1. The van der Waals surface area contributed by atoms with Crippen LogP contribution in [0, 0.1) is 6.92 Å². The number of para-hydroxylation sites is 1. The van der Waals surface area contributed by atoms with E-state index < -0.39 is 0 Å². The molecule has 4 heterocycles. The Morgan fingerprint density at radius 2 is 2.18 bits per heavy atom. The van der Waals surface area contributed by atoms with E-state index in [1.54, 1.807) is 24.6 Å². The van der Waals surface area contributed by atoms with Gasteiger partial charge in [0.05, 0.1) is 27.9 Å². The highest BCUT2D eigenvalue weighted by Gasteiger charge is 2.56. The zero-order valence-electron chi connectivity index (χ0n) is 15.0. The lowest BCUT2D eigenvalue weighted by atomic mass is 9.90. The van der Waals surface area contributed by atoms with E-state index in [-0.39, 0.29) is 23.3 Å². The Balaban J connectivity index is 1.52. The third kappa shape index (κ3) is 2.19. The van der Waals surface area contributed by atoms with Crippen molar-refractivity contribution in [2.24, 2.45) is 0 Å². The molecule has 0 radical (unpaired) electrons. The van der Waals surface area contributed by atoms with Gasteiger partial charge in [-0.1, -0.05) is 12.1 Å². The average molecular weight is 392 g/mol. The zero-order chi connectivity index (χ0) is 18.9. The molecule has 1 spiro atoms. The summed E-state index contributed by atoms with van der Waals surface area (Å²) in [6, 6.07) is 7.65. The first kappa shape index (κ1) is 15.9. The van der Waals surface area contributed by atoms with Crippen LogP contribution < -0.4 is 0 Å². The number of amides is 1. The molecule has 4 aromatic rings. The number of imidazole rings is 1. The number of carbonyl (C=O) groups is 1. The van der Waals surface area contributed by atoms with Crippen LogP contribution in [0.1, 0.15) is 51.9 Å². The van der Waals surface area contributed by atoms with Crippen molar-refractivity contribution in [2.45, 2.75) is 31.2 Å². The van der Waals surface area contributed by atoms with Gasteiger partial charge in [0.25, 0.3) is 0 Å². The van der Waals surface area contributed by atoms with Gasteiger partial charge in [0.1, 0.15) is 11.0 Å². The molecule has 1 amide bonds. The van der Waals surface area contributed by atoms with Crippen molar-refractivity contribution in [1.29, 1.82) is 0 Å². The number of fused-ring (bicyclic) bond motifs is 3. The molecule has 1 fully saturated rings. The third-order valence-corrected chi connectivity index (χ3v) is 6.69. The number of thiazole rings is 1. The molecule has 28 heavy (non-hydrogen) atoms. The van der Waals surface area contributed by atoms with Crippen molar-refractivity contribution in [3.05, 3.63) is 58.8 Å². The number of aromatic nitrogens is 5. The minimum Gasteiger partial charge on any atom is -0.417 e. The van der Waals surface area contributed by atoms with Crippen LogP contribution in [0.25, 0.3) is 10.2 Å². The fourth-order valence-electron chi connectivity index (χ4n) is 4.09. The maximum absolute atomic E-state index is 13.3. The number of hydrogen-bond acceptors (Lipinski definition) is 7. The van der Waals surface area contributed by atoms with E-state index >= 15 is 0 Å². The average Bonchev–Trinajstić information content (AvgIpc) is 3.11. The van der Waals surface area contributed by atoms with Crippen molar-refractivity contribution in [3.63, 3.8) is 0 Å². The molecule has 2 aliphatic rings. The quantitative estimate of drug-likeness (QED) is 0.563. The summed E-state index contributed by atoms with van der Waals surface area (Å²) in [6.07, 6.45) is 3.75. The molecule has 6 rings (SSSR count). The van der Waals surface area contributed by atoms with Crippen LogP contribution in [0.4, 0.5) is 0 Å². The molecule has 1 atom stereocenters. The van der Waals surface area contributed by atoms with Crippen LogP contribution in [0.15, 0.2) is 35.0 Å². The highest BCUT2D eigenvalue weighted by molar-refractivity contribution is 7.18. The molecule has 8 nitrogen and oxygen atoms in total. The summed E-state index contributed by atoms with van der Waals surface area (Å²) in [6.45, 7) is 2.26. The van der Waals surface area contributed by atoms with E-state index in [0.717, 1.165) is 39.5 Å². The van der Waals surface area contributed by atoms with Crippen molar-refractivity contribution in [3.8, 4) is 0 Å². The first-order valence-electron chi connectivity index (χ1n) is 9.15. The van der Waals surface area contributed by atoms with Gasteiger partial charge in [-0.05, 0) is 25.0 Å². The summed E-state index contributed by atoms with van der Waals surface area (Å²) >= 11 is 1.59. The number of H-pyrrole nitrogens is 1. The van der Waals surface area contributed by atoms with E-state index in [9.17, 15) is 4.79 Å². The van der Waals surface area contributed by atoms with Gasteiger partial charge in [0.15, 0.2) is 0 Å². The van der Waals surface area contributed by atoms with E-state index in [2.05, 4.69) is 20.2 Å². The van der Waals surface area contributed by atoms with Crippen LogP contribution in [0.2, 0.25) is 0 Å². The number of nitrogens with one attached hydrogen (secondary N) is 1. The van der Waals surface area contributed by atoms with Gasteiger partial charge < -0.3 is 14.3 Å². The lowest BCUT2D eigenvalue weighted by molar-refractivity contribution is 0.0616. The molecule has 140 valence electrons. The first-order valence-corrected chi connectivity index (χ1v) is 9.97. The van der Waals surface area contributed by atoms with Crippen molar-refractivity contribution >= 4 is 27.5 Å². The number of aromatic amines is 1. The molecule has 0 saturated heterocycles. The second-order valence-electron chi connectivity index (χ2n) is 7.43. The van der Waals surface area contributed by atoms with Crippen molar-refractivity contribution < 1.29 is 9.21 Å². The molecule has 1 saturated carbocycles. The molecule has 1 aromatic carbocycles. The summed E-state index contributed by atoms with van der Waals surface area (Å²) in [5.74, 6) is 0.124. The van der Waals surface area contributed by atoms with Crippen LogP contribution in [0.5, 0.6) is 0 Å². The smallest absolute Gasteiger partial charge is 0.312 e. The molecular weight excluding hydrogens is 376 g/mol. The zero-order valence-corrected chi connectivity index (χ0v) is 15.9. The summed E-state index contributed by atoms with van der Waals surface area (Å²) in [7, 11) is 0. The molecule has 1 aliphatic carbocycles. The highest BCUT2D eigenvalue weighted by atomic mass is 32.1. The second kappa shape index (κ2) is 5.48. The Hall–Kier alpha value is -3.07. The molecule has 1 aliphatic heterocycles. The maximum atomic E-state index is 13.3. The summed E-state index contributed by atoms with van der Waals surface area (Å²) in [4.78, 5) is 27.9. The maximum Gasteiger partial charge on any atom is 0.312 e. The lowest BCUT2D eigenvalue weighted by Gasteiger charge is -2.37. The fraction of sp³-hybridized carbons (Fsp3) is 0.316. The van der Waals surface area contributed by atoms with Gasteiger partial charge in [0.2, 0.25) is 5.89 Å². The predicted molar refractivity (Wildman–Crippen MR) is 101 cm³/mol. The normalized spacial score (nSPS) is 19.9. The van der Waals surface area contributed by atoms with Gasteiger partial charge in [0, 0.05) is 18.9 Å². The van der Waals surface area contributed by atoms with Gasteiger partial charge in [-0.15, -0.1) is 21.5 Å². The van der Waals surface area contributed by atoms with Gasteiger partial charge >= 0.3 is 11.8 Å². The Kier molecular flexibility index (Phi) is 3.12. The predicted octanol–water partition coefficient (Wildman–Crippen LogP) is 2.99. The molecule has 1 N–H and O–H groups in total. The SMILES string of the molecule is Cc1nnc(C(=O)N2CC3(CC3)c3nc[nH]c3[C@H]2c2nc3ccccc3s2)o1. The number of rotatable bonds is 2. The number of benzene rings is 1. The molecule has 3 aromatic heterocycles. The van der Waals surface area contributed by atoms with E-state index in [1.165, 1.54) is 0 Å². The van der Waals surface area contributed by atoms with Crippen LogP contribution in [-0.4, -0.2) is 42.5 Å². The number of nitrogens with zero attached hydrogens (tertiary/aromatic N) is 5. The van der Waals surface area contributed by atoms with E-state index in [0.29, 0.717) is 12.4 Å². The standard InChI is InChI=1S/C19H16N6O2S/c1-10-23-24-16(27-10)18(26)25-8-19(6-7-19)15-13(20-9-21-15)14(25)17-22-11-4-2-3-5-12(11)28-17/h2-5,9,14H,6-8H2,1H3,(H,20,21)/t14-/m0/s1. The largest absolute Gasteiger partial charge is 0.417 e. The van der Waals surface area contributed by atoms with Gasteiger partial charge in [-0.25, -0.2) is 9.97 Å². The second-order valence-corrected chi connectivity index (χ2v) is 8.49. The van der Waals surface area contributed by atoms with Crippen molar-refractivity contribution in [1.82, 2.24) is 30.0 Å². The number of hydrogen-bond donors (Lipinski definition) is 1. The van der Waals surface area contributed by atoms with E-state index in [1.807, 2.05) is 29.2 Å². The fourth-order valence-corrected chi connectivity index (χ4v) is 5.18. The molecular formula is C19H16N6O2S.